The molecule has 4 aromatic rings. The Balaban J connectivity index is 1.90. The Bertz CT molecular complexity index is 1170. The molecular weight excluding hydrogens is 364 g/mol. The van der Waals surface area contributed by atoms with Gasteiger partial charge in [0.05, 0.1) is 22.5 Å². The maximum Gasteiger partial charge on any atom is 0.275 e. The van der Waals surface area contributed by atoms with E-state index in [4.69, 9.17) is 0 Å². The molecule has 0 bridgehead atoms. The van der Waals surface area contributed by atoms with Crippen molar-refractivity contribution < 1.29 is 0 Å². The van der Waals surface area contributed by atoms with Crippen LogP contribution in [0, 0.1) is 13.8 Å². The highest BCUT2D eigenvalue weighted by molar-refractivity contribution is 5.43. The molecular formula is C23H24N4O2. The third kappa shape index (κ3) is 2.97. The number of para-hydroxylation sites is 2. The first kappa shape index (κ1) is 18.8. The zero-order valence-corrected chi connectivity index (χ0v) is 17.0. The van der Waals surface area contributed by atoms with Gasteiger partial charge in [-0.1, -0.05) is 50.2 Å². The molecule has 0 spiro atoms. The summed E-state index contributed by atoms with van der Waals surface area (Å²) < 4.78 is 3.06. The predicted octanol–water partition coefficient (Wildman–Crippen LogP) is 3.59. The van der Waals surface area contributed by atoms with Crippen molar-refractivity contribution in [2.45, 2.75) is 33.1 Å². The molecule has 29 heavy (non-hydrogen) atoms. The predicted molar refractivity (Wildman–Crippen MR) is 114 cm³/mol. The maximum atomic E-state index is 13.3. The lowest BCUT2D eigenvalue weighted by molar-refractivity contribution is 0.619. The van der Waals surface area contributed by atoms with Crippen molar-refractivity contribution in [3.05, 3.63) is 104 Å². The fourth-order valence-corrected chi connectivity index (χ4v) is 4.21. The van der Waals surface area contributed by atoms with E-state index in [0.29, 0.717) is 11.1 Å². The van der Waals surface area contributed by atoms with Gasteiger partial charge in [0.15, 0.2) is 0 Å². The SMILES string of the molecule is Cc1[nH]n(-c2ccccc2)c(=O)c1C(C)(C)c1c(C)[nH]n(-c2ccccc2)c1=O. The van der Waals surface area contributed by atoms with Crippen LogP contribution in [-0.2, 0) is 5.41 Å². The van der Waals surface area contributed by atoms with Crippen LogP contribution >= 0.6 is 0 Å². The Hall–Kier alpha value is -3.54. The van der Waals surface area contributed by atoms with E-state index in [9.17, 15) is 9.59 Å². The molecule has 0 atom stereocenters. The van der Waals surface area contributed by atoms with Crippen molar-refractivity contribution in [1.29, 1.82) is 0 Å². The number of hydrogen-bond acceptors (Lipinski definition) is 2. The second-order valence-electron chi connectivity index (χ2n) is 7.80. The van der Waals surface area contributed by atoms with Crippen LogP contribution in [0.2, 0.25) is 0 Å². The van der Waals surface area contributed by atoms with Gasteiger partial charge in [0.1, 0.15) is 0 Å². The highest BCUT2D eigenvalue weighted by atomic mass is 16.1. The van der Waals surface area contributed by atoms with Gasteiger partial charge >= 0.3 is 0 Å². The van der Waals surface area contributed by atoms with Gasteiger partial charge in [-0.05, 0) is 38.1 Å². The van der Waals surface area contributed by atoms with E-state index in [1.165, 1.54) is 9.36 Å². The molecule has 0 radical (unpaired) electrons. The molecule has 0 unspecified atom stereocenters. The first-order valence-corrected chi connectivity index (χ1v) is 9.57. The lowest BCUT2D eigenvalue weighted by Gasteiger charge is -2.22. The second kappa shape index (κ2) is 6.81. The summed E-state index contributed by atoms with van der Waals surface area (Å²) in [5.41, 5.74) is 3.10. The van der Waals surface area contributed by atoms with Gasteiger partial charge in [-0.25, -0.2) is 9.36 Å². The molecule has 2 aromatic heterocycles. The van der Waals surface area contributed by atoms with Crippen molar-refractivity contribution in [2.24, 2.45) is 0 Å². The molecule has 2 aromatic carbocycles. The molecule has 0 amide bonds. The van der Waals surface area contributed by atoms with Gasteiger partial charge in [-0.2, -0.15) is 0 Å². The number of rotatable bonds is 4. The molecule has 4 rings (SSSR count). The minimum atomic E-state index is -0.782. The van der Waals surface area contributed by atoms with Gasteiger partial charge in [0, 0.05) is 16.8 Å². The Morgan fingerprint density at radius 1 is 0.655 bits per heavy atom. The zero-order chi connectivity index (χ0) is 20.8. The van der Waals surface area contributed by atoms with E-state index in [0.717, 1.165) is 22.8 Å². The number of benzene rings is 2. The van der Waals surface area contributed by atoms with Crippen molar-refractivity contribution in [3.8, 4) is 11.4 Å². The molecule has 2 N–H and O–H groups in total. The van der Waals surface area contributed by atoms with Crippen LogP contribution in [0.15, 0.2) is 70.3 Å². The molecule has 0 aliphatic rings. The summed E-state index contributed by atoms with van der Waals surface area (Å²) in [5.74, 6) is 0. The lowest BCUT2D eigenvalue weighted by atomic mass is 9.78. The van der Waals surface area contributed by atoms with Crippen molar-refractivity contribution in [1.82, 2.24) is 19.6 Å². The van der Waals surface area contributed by atoms with E-state index >= 15 is 0 Å². The smallest absolute Gasteiger partial charge is 0.275 e. The standard InChI is InChI=1S/C23H24N4O2/c1-15-19(21(28)26(24-15)17-11-7-5-8-12-17)23(3,4)20-16(2)25-27(22(20)29)18-13-9-6-10-14-18/h5-14,24-25H,1-4H3. The summed E-state index contributed by atoms with van der Waals surface area (Å²) in [7, 11) is 0. The Labute approximate surface area is 168 Å². The normalized spacial score (nSPS) is 11.7. The number of nitrogens with one attached hydrogen (secondary N) is 2. The van der Waals surface area contributed by atoms with Crippen molar-refractivity contribution >= 4 is 0 Å². The van der Waals surface area contributed by atoms with Gasteiger partial charge in [-0.3, -0.25) is 19.8 Å². The lowest BCUT2D eigenvalue weighted by Crippen LogP contribution is -2.34. The van der Waals surface area contributed by atoms with Crippen molar-refractivity contribution in [2.75, 3.05) is 0 Å². The quantitative estimate of drug-likeness (QED) is 0.561. The topological polar surface area (TPSA) is 75.6 Å². The monoisotopic (exact) mass is 388 g/mol. The molecule has 6 nitrogen and oxygen atoms in total. The number of aryl methyl sites for hydroxylation is 2. The van der Waals surface area contributed by atoms with E-state index in [1.807, 2.05) is 88.4 Å². The molecule has 2 heterocycles. The average Bonchev–Trinajstić information content (AvgIpc) is 3.18. The summed E-state index contributed by atoms with van der Waals surface area (Å²) in [6.45, 7) is 7.59. The van der Waals surface area contributed by atoms with E-state index in [1.54, 1.807) is 0 Å². The largest absolute Gasteiger partial charge is 0.295 e. The van der Waals surface area contributed by atoms with Gasteiger partial charge in [-0.15, -0.1) is 0 Å². The average molecular weight is 388 g/mol. The highest BCUT2D eigenvalue weighted by Crippen LogP contribution is 2.31. The third-order valence-electron chi connectivity index (χ3n) is 5.42. The molecule has 0 saturated heterocycles. The Morgan fingerprint density at radius 3 is 1.34 bits per heavy atom. The number of aromatic amines is 2. The summed E-state index contributed by atoms with van der Waals surface area (Å²) in [5, 5.41) is 6.34. The zero-order valence-electron chi connectivity index (χ0n) is 17.0. The molecule has 148 valence electrons. The van der Waals surface area contributed by atoms with Crippen LogP contribution in [0.25, 0.3) is 11.4 Å². The Morgan fingerprint density at radius 2 is 1.00 bits per heavy atom. The second-order valence-corrected chi connectivity index (χ2v) is 7.80. The van der Waals surface area contributed by atoms with Crippen molar-refractivity contribution in [3.63, 3.8) is 0 Å². The van der Waals surface area contributed by atoms with Crippen LogP contribution in [0.4, 0.5) is 0 Å². The van der Waals surface area contributed by atoms with Crippen LogP contribution in [0.3, 0.4) is 0 Å². The number of aromatic nitrogens is 4. The first-order chi connectivity index (χ1) is 13.8. The van der Waals surface area contributed by atoms with E-state index in [-0.39, 0.29) is 11.1 Å². The summed E-state index contributed by atoms with van der Waals surface area (Å²) in [6, 6.07) is 18.9. The number of hydrogen-bond donors (Lipinski definition) is 2. The highest BCUT2D eigenvalue weighted by Gasteiger charge is 2.36. The van der Waals surface area contributed by atoms with Gasteiger partial charge < -0.3 is 0 Å². The minimum Gasteiger partial charge on any atom is -0.295 e. The molecule has 0 aliphatic carbocycles. The van der Waals surface area contributed by atoms with Crippen LogP contribution in [-0.4, -0.2) is 19.6 Å². The summed E-state index contributed by atoms with van der Waals surface area (Å²) >= 11 is 0. The summed E-state index contributed by atoms with van der Waals surface area (Å²) in [4.78, 5) is 26.6. The summed E-state index contributed by atoms with van der Waals surface area (Å²) in [6.07, 6.45) is 0. The number of H-pyrrole nitrogens is 2. The Kier molecular flexibility index (Phi) is 4.42. The molecule has 6 heteroatoms. The van der Waals surface area contributed by atoms with Gasteiger partial charge in [0.25, 0.3) is 11.1 Å². The number of nitrogens with zero attached hydrogens (tertiary/aromatic N) is 2. The van der Waals surface area contributed by atoms with Crippen LogP contribution in [0.1, 0.15) is 36.4 Å². The molecule has 0 fully saturated rings. The third-order valence-corrected chi connectivity index (χ3v) is 5.42. The van der Waals surface area contributed by atoms with E-state index in [2.05, 4.69) is 10.2 Å². The fourth-order valence-electron chi connectivity index (χ4n) is 4.21. The van der Waals surface area contributed by atoms with Crippen LogP contribution in [0.5, 0.6) is 0 Å². The first-order valence-electron chi connectivity index (χ1n) is 9.57. The van der Waals surface area contributed by atoms with E-state index < -0.39 is 5.41 Å². The minimum absolute atomic E-state index is 0.148. The molecule has 0 aliphatic heterocycles. The van der Waals surface area contributed by atoms with Crippen LogP contribution < -0.4 is 11.1 Å². The van der Waals surface area contributed by atoms with Gasteiger partial charge in [0.2, 0.25) is 0 Å². The molecule has 0 saturated carbocycles. The fraction of sp³-hybridized carbons (Fsp3) is 0.217. The maximum absolute atomic E-state index is 13.3.